The first-order valence-electron chi connectivity index (χ1n) is 7.94. The fraction of sp³-hybridized carbons (Fsp3) is 0.333. The molecule has 0 aliphatic carbocycles. The molecule has 4 N–H and O–H groups in total. The SMILES string of the molecule is OC[C@H]1O[C@H](Oc2ccc(-c3ccccc3Cl)cc2Cl)[C@@H](O)[C@@H](O)[C@@H]1O. The van der Waals surface area contributed by atoms with Crippen LogP contribution in [0.1, 0.15) is 0 Å². The highest BCUT2D eigenvalue weighted by atomic mass is 35.5. The maximum atomic E-state index is 10.0. The number of hydrogen-bond acceptors (Lipinski definition) is 6. The Kier molecular flexibility index (Phi) is 6.04. The predicted octanol–water partition coefficient (Wildman–Crippen LogP) is 1.84. The maximum absolute atomic E-state index is 10.0. The van der Waals surface area contributed by atoms with Crippen molar-refractivity contribution in [2.45, 2.75) is 30.7 Å². The molecule has 0 unspecified atom stereocenters. The van der Waals surface area contributed by atoms with Crippen LogP contribution in [-0.4, -0.2) is 57.7 Å². The van der Waals surface area contributed by atoms with Crippen molar-refractivity contribution in [1.29, 1.82) is 0 Å². The molecule has 0 bridgehead atoms. The number of rotatable bonds is 4. The van der Waals surface area contributed by atoms with E-state index in [2.05, 4.69) is 0 Å². The molecule has 1 fully saturated rings. The largest absolute Gasteiger partial charge is 0.460 e. The number of ether oxygens (including phenoxy) is 2. The first-order chi connectivity index (χ1) is 12.4. The first-order valence-corrected chi connectivity index (χ1v) is 8.69. The minimum Gasteiger partial charge on any atom is -0.460 e. The van der Waals surface area contributed by atoms with E-state index in [1.54, 1.807) is 24.3 Å². The van der Waals surface area contributed by atoms with Gasteiger partial charge in [-0.1, -0.05) is 47.5 Å². The van der Waals surface area contributed by atoms with E-state index in [4.69, 9.17) is 32.7 Å². The summed E-state index contributed by atoms with van der Waals surface area (Å²) in [5.74, 6) is 0.215. The molecule has 3 rings (SSSR count). The van der Waals surface area contributed by atoms with Gasteiger partial charge in [-0.25, -0.2) is 0 Å². The van der Waals surface area contributed by atoms with Crippen molar-refractivity contribution < 1.29 is 29.9 Å². The van der Waals surface area contributed by atoms with Gasteiger partial charge in [-0.2, -0.15) is 0 Å². The minimum absolute atomic E-state index is 0.215. The van der Waals surface area contributed by atoms with Crippen molar-refractivity contribution in [2.75, 3.05) is 6.61 Å². The van der Waals surface area contributed by atoms with Gasteiger partial charge in [0.1, 0.15) is 30.2 Å². The normalized spacial score (nSPS) is 28.8. The summed E-state index contributed by atoms with van der Waals surface area (Å²) < 4.78 is 10.9. The Balaban J connectivity index is 1.81. The average molecular weight is 401 g/mol. The van der Waals surface area contributed by atoms with Gasteiger partial charge >= 0.3 is 0 Å². The lowest BCUT2D eigenvalue weighted by Crippen LogP contribution is -2.60. The lowest BCUT2D eigenvalue weighted by Gasteiger charge is -2.39. The fourth-order valence-electron chi connectivity index (χ4n) is 2.75. The summed E-state index contributed by atoms with van der Waals surface area (Å²) in [7, 11) is 0. The summed E-state index contributed by atoms with van der Waals surface area (Å²) >= 11 is 12.5. The summed E-state index contributed by atoms with van der Waals surface area (Å²) in [6.45, 7) is -0.538. The molecule has 140 valence electrons. The molecule has 1 aliphatic heterocycles. The summed E-state index contributed by atoms with van der Waals surface area (Å²) in [5, 5.41) is 39.7. The third kappa shape index (κ3) is 3.82. The molecule has 1 aliphatic rings. The van der Waals surface area contributed by atoms with Crippen LogP contribution in [0, 0.1) is 0 Å². The highest BCUT2D eigenvalue weighted by Gasteiger charge is 2.44. The molecule has 0 radical (unpaired) electrons. The van der Waals surface area contributed by atoms with Crippen LogP contribution in [0.5, 0.6) is 5.75 Å². The van der Waals surface area contributed by atoms with Crippen LogP contribution in [0.15, 0.2) is 42.5 Å². The van der Waals surface area contributed by atoms with Crippen molar-refractivity contribution >= 4 is 23.2 Å². The zero-order valence-corrected chi connectivity index (χ0v) is 15.0. The minimum atomic E-state index is -1.52. The smallest absolute Gasteiger partial charge is 0.229 e. The highest BCUT2D eigenvalue weighted by Crippen LogP contribution is 2.35. The van der Waals surface area contributed by atoms with Gasteiger partial charge in [-0.3, -0.25) is 0 Å². The Hall–Kier alpha value is -1.38. The molecular formula is C18H18Cl2O6. The Morgan fingerprint density at radius 3 is 2.31 bits per heavy atom. The Morgan fingerprint density at radius 1 is 0.923 bits per heavy atom. The van der Waals surface area contributed by atoms with E-state index >= 15 is 0 Å². The van der Waals surface area contributed by atoms with Crippen LogP contribution in [0.4, 0.5) is 0 Å². The summed E-state index contributed by atoms with van der Waals surface area (Å²) in [4.78, 5) is 0. The molecule has 5 atom stereocenters. The topological polar surface area (TPSA) is 99.4 Å². The Bertz CT molecular complexity index is 769. The summed E-state index contributed by atoms with van der Waals surface area (Å²) in [6, 6.07) is 12.3. The van der Waals surface area contributed by atoms with Crippen LogP contribution in [0.3, 0.4) is 0 Å². The van der Waals surface area contributed by atoms with Gasteiger partial charge < -0.3 is 29.9 Å². The van der Waals surface area contributed by atoms with E-state index in [1.165, 1.54) is 0 Å². The Morgan fingerprint density at radius 2 is 1.65 bits per heavy atom. The molecular weight excluding hydrogens is 383 g/mol. The van der Waals surface area contributed by atoms with E-state index < -0.39 is 37.3 Å². The lowest BCUT2D eigenvalue weighted by atomic mass is 9.99. The third-order valence-electron chi connectivity index (χ3n) is 4.21. The zero-order chi connectivity index (χ0) is 18.8. The average Bonchev–Trinajstić information content (AvgIpc) is 2.64. The number of aliphatic hydroxyl groups excluding tert-OH is 4. The third-order valence-corrected chi connectivity index (χ3v) is 4.83. The van der Waals surface area contributed by atoms with Gasteiger partial charge in [-0.05, 0) is 23.8 Å². The Labute approximate surface area is 160 Å². The van der Waals surface area contributed by atoms with E-state index in [9.17, 15) is 20.4 Å². The second-order valence-electron chi connectivity index (χ2n) is 5.94. The number of hydrogen-bond donors (Lipinski definition) is 4. The molecule has 6 nitrogen and oxygen atoms in total. The van der Waals surface area contributed by atoms with Gasteiger partial charge in [0.2, 0.25) is 6.29 Å². The van der Waals surface area contributed by atoms with Crippen molar-refractivity contribution in [1.82, 2.24) is 0 Å². The van der Waals surface area contributed by atoms with Gasteiger partial charge in [-0.15, -0.1) is 0 Å². The molecule has 2 aromatic rings. The molecule has 1 saturated heterocycles. The van der Waals surface area contributed by atoms with Gasteiger partial charge in [0, 0.05) is 10.6 Å². The molecule has 8 heteroatoms. The maximum Gasteiger partial charge on any atom is 0.229 e. The lowest BCUT2D eigenvalue weighted by molar-refractivity contribution is -0.277. The van der Waals surface area contributed by atoms with Crippen LogP contribution < -0.4 is 4.74 Å². The van der Waals surface area contributed by atoms with Crippen LogP contribution in [0.25, 0.3) is 11.1 Å². The molecule has 0 spiro atoms. The molecule has 0 amide bonds. The van der Waals surface area contributed by atoms with Crippen LogP contribution in [-0.2, 0) is 4.74 Å². The van der Waals surface area contributed by atoms with Gasteiger partial charge in [0.25, 0.3) is 0 Å². The molecule has 0 aromatic heterocycles. The number of benzene rings is 2. The fourth-order valence-corrected chi connectivity index (χ4v) is 3.22. The molecule has 1 heterocycles. The van der Waals surface area contributed by atoms with Crippen LogP contribution >= 0.6 is 23.2 Å². The molecule has 26 heavy (non-hydrogen) atoms. The van der Waals surface area contributed by atoms with Crippen molar-refractivity contribution in [3.05, 3.63) is 52.5 Å². The number of aliphatic hydroxyl groups is 4. The van der Waals surface area contributed by atoms with Crippen molar-refractivity contribution in [3.63, 3.8) is 0 Å². The first kappa shape index (κ1) is 19.4. The predicted molar refractivity (Wildman–Crippen MR) is 96.3 cm³/mol. The monoisotopic (exact) mass is 400 g/mol. The quantitative estimate of drug-likeness (QED) is 0.624. The van der Waals surface area contributed by atoms with E-state index in [0.717, 1.165) is 11.1 Å². The summed E-state index contributed by atoms with van der Waals surface area (Å²) in [6.07, 6.45) is -6.83. The van der Waals surface area contributed by atoms with Crippen molar-refractivity contribution in [3.8, 4) is 16.9 Å². The van der Waals surface area contributed by atoms with E-state index in [1.807, 2.05) is 18.2 Å². The standard InChI is InChI=1S/C18H18Cl2O6/c19-11-4-2-1-3-10(11)9-5-6-13(12(20)7-9)25-18-17(24)16(23)15(22)14(8-21)26-18/h1-7,14-18,21-24H,8H2/t14-,15-,16+,17+,18+/m1/s1. The van der Waals surface area contributed by atoms with E-state index in [-0.39, 0.29) is 10.8 Å². The van der Waals surface area contributed by atoms with Gasteiger partial charge in [0.15, 0.2) is 0 Å². The molecule has 2 aromatic carbocycles. The van der Waals surface area contributed by atoms with E-state index in [0.29, 0.717) is 5.02 Å². The molecule has 0 saturated carbocycles. The number of halogens is 2. The second kappa shape index (κ2) is 8.10. The van der Waals surface area contributed by atoms with Gasteiger partial charge in [0.05, 0.1) is 11.6 Å². The highest BCUT2D eigenvalue weighted by molar-refractivity contribution is 6.34. The van der Waals surface area contributed by atoms with Crippen LogP contribution in [0.2, 0.25) is 10.0 Å². The van der Waals surface area contributed by atoms with Crippen molar-refractivity contribution in [2.24, 2.45) is 0 Å². The second-order valence-corrected chi connectivity index (χ2v) is 6.75. The zero-order valence-electron chi connectivity index (χ0n) is 13.5. The summed E-state index contributed by atoms with van der Waals surface area (Å²) in [5.41, 5.74) is 1.58.